The Morgan fingerprint density at radius 2 is 1.15 bits per heavy atom. The summed E-state index contributed by atoms with van der Waals surface area (Å²) in [7, 11) is 2.89. The van der Waals surface area contributed by atoms with Crippen LogP contribution in [0.2, 0.25) is 10.0 Å². The molecule has 2 aromatic rings. The average Bonchev–Trinajstić information content (AvgIpc) is 2.58. The van der Waals surface area contributed by atoms with Crippen molar-refractivity contribution in [2.75, 3.05) is 14.1 Å². The molecule has 2 aromatic carbocycles. The molecule has 0 saturated heterocycles. The van der Waals surface area contributed by atoms with Crippen molar-refractivity contribution < 1.29 is 18.4 Å². The van der Waals surface area contributed by atoms with Gasteiger partial charge in [-0.3, -0.25) is 9.59 Å². The van der Waals surface area contributed by atoms with Crippen molar-refractivity contribution in [3.8, 4) is 0 Å². The Kier molecular flexibility index (Phi) is 6.56. The van der Waals surface area contributed by atoms with Gasteiger partial charge in [0.05, 0.1) is 0 Å². The van der Waals surface area contributed by atoms with Crippen molar-refractivity contribution in [3.05, 3.63) is 69.2 Å². The molecular formula is C18H16Cl2F2N2O2. The second kappa shape index (κ2) is 8.47. The van der Waals surface area contributed by atoms with Crippen LogP contribution in [-0.2, 0) is 22.7 Å². The van der Waals surface area contributed by atoms with Gasteiger partial charge in [-0.15, -0.1) is 0 Å². The molecule has 0 aliphatic carbocycles. The first kappa shape index (κ1) is 20.1. The van der Waals surface area contributed by atoms with E-state index in [1.165, 1.54) is 48.2 Å². The van der Waals surface area contributed by atoms with Gasteiger partial charge in [0.2, 0.25) is 0 Å². The summed E-state index contributed by atoms with van der Waals surface area (Å²) < 4.78 is 26.2. The zero-order valence-electron chi connectivity index (χ0n) is 14.1. The zero-order valence-corrected chi connectivity index (χ0v) is 15.6. The van der Waals surface area contributed by atoms with E-state index in [9.17, 15) is 18.4 Å². The van der Waals surface area contributed by atoms with E-state index in [0.29, 0.717) is 11.1 Å². The summed E-state index contributed by atoms with van der Waals surface area (Å²) in [4.78, 5) is 27.0. The summed E-state index contributed by atoms with van der Waals surface area (Å²) in [6.07, 6.45) is 0. The molecule has 2 amide bonds. The lowest BCUT2D eigenvalue weighted by atomic mass is 10.2. The molecule has 0 N–H and O–H groups in total. The van der Waals surface area contributed by atoms with Gasteiger partial charge in [0.15, 0.2) is 0 Å². The number of carbonyl (C=O) groups is 2. The quantitative estimate of drug-likeness (QED) is 0.730. The van der Waals surface area contributed by atoms with E-state index in [1.54, 1.807) is 0 Å². The monoisotopic (exact) mass is 400 g/mol. The van der Waals surface area contributed by atoms with Crippen molar-refractivity contribution in [2.24, 2.45) is 0 Å². The maximum Gasteiger partial charge on any atom is 0.312 e. The van der Waals surface area contributed by atoms with E-state index in [2.05, 4.69) is 0 Å². The van der Waals surface area contributed by atoms with Crippen LogP contribution in [0.25, 0.3) is 0 Å². The Balaban J connectivity index is 2.03. The van der Waals surface area contributed by atoms with Crippen LogP contribution >= 0.6 is 23.2 Å². The van der Waals surface area contributed by atoms with Gasteiger partial charge in [0.25, 0.3) is 0 Å². The normalized spacial score (nSPS) is 10.5. The van der Waals surface area contributed by atoms with Crippen LogP contribution in [0.1, 0.15) is 11.1 Å². The summed E-state index contributed by atoms with van der Waals surface area (Å²) in [5.41, 5.74) is 1.03. The molecule has 0 fully saturated rings. The van der Waals surface area contributed by atoms with E-state index < -0.39 is 23.4 Å². The lowest BCUT2D eigenvalue weighted by molar-refractivity contribution is -0.150. The van der Waals surface area contributed by atoms with E-state index in [-0.39, 0.29) is 23.1 Å². The SMILES string of the molecule is CN(Cc1ccc(F)cc1Cl)C(=O)C(=O)N(C)Cc1ccc(F)cc1Cl. The minimum atomic E-state index is -0.758. The fourth-order valence-electron chi connectivity index (χ4n) is 2.28. The van der Waals surface area contributed by atoms with E-state index in [4.69, 9.17) is 23.2 Å². The molecule has 8 heteroatoms. The highest BCUT2D eigenvalue weighted by atomic mass is 35.5. The van der Waals surface area contributed by atoms with E-state index >= 15 is 0 Å². The predicted molar refractivity (Wildman–Crippen MR) is 95.8 cm³/mol. The highest BCUT2D eigenvalue weighted by Crippen LogP contribution is 2.20. The van der Waals surface area contributed by atoms with Crippen LogP contribution < -0.4 is 0 Å². The number of hydrogen-bond donors (Lipinski definition) is 0. The number of benzene rings is 2. The summed E-state index contributed by atoms with van der Waals surface area (Å²) in [5, 5.41) is 0.340. The van der Waals surface area contributed by atoms with Crippen LogP contribution in [0.5, 0.6) is 0 Å². The van der Waals surface area contributed by atoms with Crippen LogP contribution in [-0.4, -0.2) is 35.7 Å². The molecule has 0 aromatic heterocycles. The molecule has 4 nitrogen and oxygen atoms in total. The third-order valence-corrected chi connectivity index (χ3v) is 4.43. The molecule has 0 heterocycles. The van der Waals surface area contributed by atoms with Gasteiger partial charge in [-0.2, -0.15) is 0 Å². The molecular weight excluding hydrogens is 385 g/mol. The molecule has 0 spiro atoms. The highest BCUT2D eigenvalue weighted by molar-refractivity contribution is 6.35. The smallest absolute Gasteiger partial charge is 0.312 e. The lowest BCUT2D eigenvalue weighted by Gasteiger charge is -2.22. The number of nitrogens with zero attached hydrogens (tertiary/aromatic N) is 2. The lowest BCUT2D eigenvalue weighted by Crippen LogP contribution is -2.41. The number of hydrogen-bond acceptors (Lipinski definition) is 2. The maximum absolute atomic E-state index is 13.1. The fraction of sp³-hybridized carbons (Fsp3) is 0.222. The van der Waals surface area contributed by atoms with Crippen molar-refractivity contribution in [3.63, 3.8) is 0 Å². The van der Waals surface area contributed by atoms with Gasteiger partial charge < -0.3 is 9.80 Å². The molecule has 0 saturated carbocycles. The maximum atomic E-state index is 13.1. The minimum Gasteiger partial charge on any atom is -0.333 e. The Morgan fingerprint density at radius 1 is 0.808 bits per heavy atom. The molecule has 138 valence electrons. The van der Waals surface area contributed by atoms with Gasteiger partial charge >= 0.3 is 11.8 Å². The number of amides is 2. The second-order valence-electron chi connectivity index (χ2n) is 5.79. The van der Waals surface area contributed by atoms with E-state index in [1.807, 2.05) is 0 Å². The standard InChI is InChI=1S/C18H16Cl2F2N2O2/c1-23(9-11-3-5-13(21)7-15(11)19)17(25)18(26)24(2)10-12-4-6-14(22)8-16(12)20/h3-8H,9-10H2,1-2H3. The molecule has 0 bridgehead atoms. The molecule has 0 aliphatic heterocycles. The Labute approximate surface area is 159 Å². The summed E-state index contributed by atoms with van der Waals surface area (Å²) in [6, 6.07) is 7.63. The van der Waals surface area contributed by atoms with Crippen molar-refractivity contribution >= 4 is 35.0 Å². The van der Waals surface area contributed by atoms with Crippen molar-refractivity contribution in [1.82, 2.24) is 9.80 Å². The average molecular weight is 401 g/mol. The first-order chi connectivity index (χ1) is 12.2. The fourth-order valence-corrected chi connectivity index (χ4v) is 2.73. The van der Waals surface area contributed by atoms with Gasteiger partial charge in [0.1, 0.15) is 11.6 Å². The first-order valence-corrected chi connectivity index (χ1v) is 8.33. The van der Waals surface area contributed by atoms with Gasteiger partial charge in [-0.25, -0.2) is 8.78 Å². The van der Waals surface area contributed by atoms with Gasteiger partial charge in [-0.05, 0) is 35.4 Å². The summed E-state index contributed by atoms with van der Waals surface area (Å²) in [5.74, 6) is -2.49. The first-order valence-electron chi connectivity index (χ1n) is 7.57. The largest absolute Gasteiger partial charge is 0.333 e. The van der Waals surface area contributed by atoms with Crippen molar-refractivity contribution in [1.29, 1.82) is 0 Å². The second-order valence-corrected chi connectivity index (χ2v) is 6.61. The van der Waals surface area contributed by atoms with Crippen LogP contribution in [0.3, 0.4) is 0 Å². The highest BCUT2D eigenvalue weighted by Gasteiger charge is 2.24. The third-order valence-electron chi connectivity index (χ3n) is 3.72. The molecule has 0 radical (unpaired) electrons. The number of likely N-dealkylation sites (N-methyl/N-ethyl adjacent to an activating group) is 2. The van der Waals surface area contributed by atoms with Crippen LogP contribution in [0.4, 0.5) is 8.78 Å². The third kappa shape index (κ3) is 4.93. The molecule has 26 heavy (non-hydrogen) atoms. The van der Waals surface area contributed by atoms with Crippen molar-refractivity contribution in [2.45, 2.75) is 13.1 Å². The predicted octanol–water partition coefficient (Wildman–Crippen LogP) is 3.89. The molecule has 0 atom stereocenters. The summed E-state index contributed by atoms with van der Waals surface area (Å²) >= 11 is 11.9. The molecule has 0 unspecified atom stereocenters. The van der Waals surface area contributed by atoms with Crippen LogP contribution in [0, 0.1) is 11.6 Å². The van der Waals surface area contributed by atoms with Crippen LogP contribution in [0.15, 0.2) is 36.4 Å². The number of carbonyl (C=O) groups excluding carboxylic acids is 2. The number of halogens is 4. The Morgan fingerprint density at radius 3 is 1.46 bits per heavy atom. The minimum absolute atomic E-state index is 0.0504. The van der Waals surface area contributed by atoms with E-state index in [0.717, 1.165) is 12.1 Å². The van der Waals surface area contributed by atoms with Gasteiger partial charge in [-0.1, -0.05) is 35.3 Å². The molecule has 2 rings (SSSR count). The summed E-state index contributed by atoms with van der Waals surface area (Å²) in [6.45, 7) is 0.101. The Hall–Kier alpha value is -2.18. The molecule has 0 aliphatic rings. The van der Waals surface area contributed by atoms with Gasteiger partial charge in [0, 0.05) is 37.2 Å². The number of rotatable bonds is 4. The zero-order chi connectivity index (χ0) is 19.4. The topological polar surface area (TPSA) is 40.6 Å². The Bertz CT molecular complexity index is 776.